The van der Waals surface area contributed by atoms with E-state index in [4.69, 9.17) is 10.5 Å². The van der Waals surface area contributed by atoms with Gasteiger partial charge in [-0.2, -0.15) is 0 Å². The molecule has 56 valence electrons. The van der Waals surface area contributed by atoms with Crippen LogP contribution >= 0.6 is 0 Å². The molecule has 0 aromatic heterocycles. The molecule has 0 bridgehead atoms. The molecule has 1 heterocycles. The van der Waals surface area contributed by atoms with Crippen LogP contribution in [0.1, 0.15) is 19.8 Å². The second kappa shape index (κ2) is 1.99. The first-order valence-electron chi connectivity index (χ1n) is 3.91. The summed E-state index contributed by atoms with van der Waals surface area (Å²) in [6.45, 7) is 2.10. The third-order valence-electron chi connectivity index (χ3n) is 2.20. The summed E-state index contributed by atoms with van der Waals surface area (Å²) in [6, 6.07) is 0. The Morgan fingerprint density at radius 1 is 1.60 bits per heavy atom. The summed E-state index contributed by atoms with van der Waals surface area (Å²) in [7, 11) is 0. The lowest BCUT2D eigenvalue weighted by atomic mass is 10.1. The van der Waals surface area contributed by atoms with Crippen molar-refractivity contribution in [2.24, 2.45) is 17.6 Å². The highest BCUT2D eigenvalue weighted by atomic mass is 16.5. The normalized spacial score (nSPS) is 39.2. The van der Waals surface area contributed by atoms with Gasteiger partial charge in [-0.1, -0.05) is 6.92 Å². The highest BCUT2D eigenvalue weighted by molar-refractivity contribution is 5.12. The molecular weight excluding hydrogens is 126 g/mol. The van der Waals surface area contributed by atoms with Crippen molar-refractivity contribution in [3.63, 3.8) is 0 Å². The quantitative estimate of drug-likeness (QED) is 0.593. The molecular formula is C8H13NO. The van der Waals surface area contributed by atoms with Crippen LogP contribution in [-0.2, 0) is 4.74 Å². The summed E-state index contributed by atoms with van der Waals surface area (Å²) in [5, 5.41) is 0. The van der Waals surface area contributed by atoms with Gasteiger partial charge in [0.05, 0.1) is 5.76 Å². The summed E-state index contributed by atoms with van der Waals surface area (Å²) in [4.78, 5) is 0. The lowest BCUT2D eigenvalue weighted by Gasteiger charge is -2.09. The van der Waals surface area contributed by atoms with Gasteiger partial charge in [0.15, 0.2) is 6.23 Å². The van der Waals surface area contributed by atoms with E-state index in [1.807, 2.05) is 0 Å². The van der Waals surface area contributed by atoms with Gasteiger partial charge in [0, 0.05) is 11.8 Å². The van der Waals surface area contributed by atoms with E-state index in [-0.39, 0.29) is 6.23 Å². The fourth-order valence-corrected chi connectivity index (χ4v) is 1.26. The van der Waals surface area contributed by atoms with E-state index >= 15 is 0 Å². The standard InChI is InChI=1S/C8H13NO/c1-5-4-7(6-2-3-6)10-8(5)9/h4-6,8H,2-3,9H2,1H3. The number of rotatable bonds is 1. The minimum absolute atomic E-state index is 0.0735. The average molecular weight is 139 g/mol. The molecule has 0 saturated heterocycles. The molecule has 2 nitrogen and oxygen atoms in total. The molecule has 1 saturated carbocycles. The van der Waals surface area contributed by atoms with Gasteiger partial charge in [-0.05, 0) is 18.9 Å². The Hall–Kier alpha value is -0.500. The predicted molar refractivity (Wildman–Crippen MR) is 39.0 cm³/mol. The molecule has 0 radical (unpaired) electrons. The maximum atomic E-state index is 5.66. The van der Waals surface area contributed by atoms with E-state index in [1.165, 1.54) is 12.8 Å². The monoisotopic (exact) mass is 139 g/mol. The van der Waals surface area contributed by atoms with Crippen LogP contribution in [0.3, 0.4) is 0 Å². The fraction of sp³-hybridized carbons (Fsp3) is 0.750. The van der Waals surface area contributed by atoms with Gasteiger partial charge in [-0.25, -0.2) is 0 Å². The van der Waals surface area contributed by atoms with E-state index in [0.717, 1.165) is 11.7 Å². The molecule has 2 rings (SSSR count). The van der Waals surface area contributed by atoms with Crippen LogP contribution in [0.15, 0.2) is 11.8 Å². The van der Waals surface area contributed by atoms with Crippen LogP contribution in [-0.4, -0.2) is 6.23 Å². The maximum Gasteiger partial charge on any atom is 0.153 e. The van der Waals surface area contributed by atoms with Crippen LogP contribution < -0.4 is 5.73 Å². The Labute approximate surface area is 61.0 Å². The molecule has 0 spiro atoms. The zero-order chi connectivity index (χ0) is 7.14. The highest BCUT2D eigenvalue weighted by Crippen LogP contribution is 2.40. The first-order chi connectivity index (χ1) is 4.77. The van der Waals surface area contributed by atoms with Crippen molar-refractivity contribution in [3.05, 3.63) is 11.8 Å². The molecule has 1 aliphatic carbocycles. The maximum absolute atomic E-state index is 5.66. The van der Waals surface area contributed by atoms with E-state index < -0.39 is 0 Å². The van der Waals surface area contributed by atoms with Crippen molar-refractivity contribution in [2.45, 2.75) is 26.0 Å². The Morgan fingerprint density at radius 3 is 2.70 bits per heavy atom. The molecule has 1 aliphatic heterocycles. The zero-order valence-electron chi connectivity index (χ0n) is 6.21. The lowest BCUT2D eigenvalue weighted by molar-refractivity contribution is 0.114. The highest BCUT2D eigenvalue weighted by Gasteiger charge is 2.33. The Balaban J connectivity index is 2.04. The number of allylic oxidation sites excluding steroid dienone is 1. The average Bonchev–Trinajstić information content (AvgIpc) is 2.64. The van der Waals surface area contributed by atoms with Crippen molar-refractivity contribution < 1.29 is 4.74 Å². The Bertz CT molecular complexity index is 172. The second-order valence-corrected chi connectivity index (χ2v) is 3.28. The zero-order valence-corrected chi connectivity index (χ0v) is 6.21. The van der Waals surface area contributed by atoms with E-state index in [0.29, 0.717) is 5.92 Å². The molecule has 0 amide bonds. The first kappa shape index (κ1) is 6.23. The summed E-state index contributed by atoms with van der Waals surface area (Å²) >= 11 is 0. The van der Waals surface area contributed by atoms with Crippen LogP contribution in [0.25, 0.3) is 0 Å². The van der Waals surface area contributed by atoms with E-state index in [1.54, 1.807) is 0 Å². The van der Waals surface area contributed by atoms with Gasteiger partial charge in [0.1, 0.15) is 0 Å². The minimum Gasteiger partial charge on any atom is -0.479 e. The summed E-state index contributed by atoms with van der Waals surface area (Å²) in [5.41, 5.74) is 5.66. The van der Waals surface area contributed by atoms with Gasteiger partial charge >= 0.3 is 0 Å². The molecule has 2 aliphatic rings. The second-order valence-electron chi connectivity index (χ2n) is 3.28. The van der Waals surface area contributed by atoms with Crippen LogP contribution in [0.5, 0.6) is 0 Å². The van der Waals surface area contributed by atoms with Gasteiger partial charge in [-0.15, -0.1) is 0 Å². The molecule has 2 N–H and O–H groups in total. The molecule has 10 heavy (non-hydrogen) atoms. The summed E-state index contributed by atoms with van der Waals surface area (Å²) < 4.78 is 5.44. The van der Waals surface area contributed by atoms with Crippen molar-refractivity contribution in [3.8, 4) is 0 Å². The first-order valence-corrected chi connectivity index (χ1v) is 3.91. The third-order valence-corrected chi connectivity index (χ3v) is 2.20. The molecule has 2 atom stereocenters. The Morgan fingerprint density at radius 2 is 2.30 bits per heavy atom. The molecule has 2 heteroatoms. The van der Waals surface area contributed by atoms with Crippen LogP contribution in [0.4, 0.5) is 0 Å². The van der Waals surface area contributed by atoms with Crippen molar-refractivity contribution in [1.82, 2.24) is 0 Å². The number of ether oxygens (including phenoxy) is 1. The topological polar surface area (TPSA) is 35.2 Å². The minimum atomic E-state index is -0.0735. The predicted octanol–water partition coefficient (Wildman–Crippen LogP) is 1.23. The number of nitrogens with two attached hydrogens (primary N) is 1. The van der Waals surface area contributed by atoms with E-state index in [9.17, 15) is 0 Å². The molecule has 1 fully saturated rings. The molecule has 2 unspecified atom stereocenters. The van der Waals surface area contributed by atoms with Gasteiger partial charge in [0.2, 0.25) is 0 Å². The van der Waals surface area contributed by atoms with Crippen LogP contribution in [0, 0.1) is 11.8 Å². The smallest absolute Gasteiger partial charge is 0.153 e. The van der Waals surface area contributed by atoms with Crippen molar-refractivity contribution >= 4 is 0 Å². The number of hydrogen-bond acceptors (Lipinski definition) is 2. The number of hydrogen-bond donors (Lipinski definition) is 1. The Kier molecular flexibility index (Phi) is 1.24. The SMILES string of the molecule is CC1C=C(C2CC2)OC1N. The van der Waals surface area contributed by atoms with Gasteiger partial charge in [-0.3, -0.25) is 5.73 Å². The summed E-state index contributed by atoms with van der Waals surface area (Å²) in [5.74, 6) is 2.28. The van der Waals surface area contributed by atoms with Gasteiger partial charge in [0.25, 0.3) is 0 Å². The lowest BCUT2D eigenvalue weighted by Crippen LogP contribution is -2.25. The van der Waals surface area contributed by atoms with Crippen LogP contribution in [0.2, 0.25) is 0 Å². The van der Waals surface area contributed by atoms with Crippen molar-refractivity contribution in [1.29, 1.82) is 0 Å². The molecule has 0 aromatic carbocycles. The largest absolute Gasteiger partial charge is 0.479 e. The fourth-order valence-electron chi connectivity index (χ4n) is 1.26. The molecule has 0 aromatic rings. The van der Waals surface area contributed by atoms with Gasteiger partial charge < -0.3 is 4.74 Å². The van der Waals surface area contributed by atoms with E-state index in [2.05, 4.69) is 13.0 Å². The third kappa shape index (κ3) is 0.926. The van der Waals surface area contributed by atoms with Crippen molar-refractivity contribution in [2.75, 3.05) is 0 Å². The summed E-state index contributed by atoms with van der Waals surface area (Å²) in [6.07, 6.45) is 4.69.